The topological polar surface area (TPSA) is 99.7 Å². The van der Waals surface area contributed by atoms with Gasteiger partial charge in [-0.05, 0) is 30.3 Å². The van der Waals surface area contributed by atoms with Crippen molar-refractivity contribution in [1.82, 2.24) is 14.8 Å². The van der Waals surface area contributed by atoms with Crippen LogP contribution in [-0.4, -0.2) is 33.8 Å². The molecule has 9 nitrogen and oxygen atoms in total. The fourth-order valence-electron chi connectivity index (χ4n) is 3.02. The molecule has 4 aromatic rings. The van der Waals surface area contributed by atoms with Crippen molar-refractivity contribution in [1.29, 1.82) is 0 Å². The molecule has 0 aliphatic rings. The SMILES string of the molecule is COc1ccccc1N(C(C)=O)c1nc(COC(=O)c2ccc(Cn3cccn3)o2)cs1. The highest BCUT2D eigenvalue weighted by Crippen LogP contribution is 2.35. The van der Waals surface area contributed by atoms with Gasteiger partial charge in [-0.25, -0.2) is 9.78 Å². The zero-order chi connectivity index (χ0) is 22.5. The van der Waals surface area contributed by atoms with E-state index in [9.17, 15) is 9.59 Å². The second kappa shape index (κ2) is 9.48. The molecule has 0 aliphatic carbocycles. The van der Waals surface area contributed by atoms with Crippen LogP contribution in [0, 0.1) is 0 Å². The summed E-state index contributed by atoms with van der Waals surface area (Å²) < 4.78 is 17.9. The van der Waals surface area contributed by atoms with Crippen LogP contribution >= 0.6 is 11.3 Å². The molecular formula is C22H20N4O5S. The Hall–Kier alpha value is -3.92. The summed E-state index contributed by atoms with van der Waals surface area (Å²) in [4.78, 5) is 30.6. The maximum Gasteiger partial charge on any atom is 0.374 e. The van der Waals surface area contributed by atoms with Crippen LogP contribution in [-0.2, 0) is 22.7 Å². The molecule has 0 radical (unpaired) electrons. The molecule has 1 amide bonds. The number of para-hydroxylation sites is 2. The minimum atomic E-state index is -0.598. The summed E-state index contributed by atoms with van der Waals surface area (Å²) in [7, 11) is 1.54. The number of hydrogen-bond donors (Lipinski definition) is 0. The van der Waals surface area contributed by atoms with Crippen LogP contribution in [0.4, 0.5) is 10.8 Å². The highest BCUT2D eigenvalue weighted by atomic mass is 32.1. The number of nitrogens with zero attached hydrogens (tertiary/aromatic N) is 4. The van der Waals surface area contributed by atoms with Gasteiger partial charge < -0.3 is 13.9 Å². The molecule has 0 bridgehead atoms. The summed E-state index contributed by atoms with van der Waals surface area (Å²) in [5.41, 5.74) is 1.10. The van der Waals surface area contributed by atoms with Gasteiger partial charge in [0.05, 0.1) is 25.0 Å². The van der Waals surface area contributed by atoms with Crippen molar-refractivity contribution in [3.8, 4) is 5.75 Å². The molecule has 0 aliphatic heterocycles. The predicted octanol–water partition coefficient (Wildman–Crippen LogP) is 4.03. The van der Waals surface area contributed by atoms with Crippen LogP contribution in [0.2, 0.25) is 0 Å². The second-order valence-electron chi connectivity index (χ2n) is 6.69. The van der Waals surface area contributed by atoms with E-state index >= 15 is 0 Å². The molecule has 3 aromatic heterocycles. The van der Waals surface area contributed by atoms with Gasteiger partial charge in [-0.2, -0.15) is 5.10 Å². The molecule has 4 rings (SSSR count). The van der Waals surface area contributed by atoms with Gasteiger partial charge in [-0.3, -0.25) is 14.4 Å². The van der Waals surface area contributed by atoms with E-state index in [-0.39, 0.29) is 18.3 Å². The smallest absolute Gasteiger partial charge is 0.374 e. The quantitative estimate of drug-likeness (QED) is 0.372. The van der Waals surface area contributed by atoms with E-state index in [1.165, 1.54) is 23.2 Å². The predicted molar refractivity (Wildman–Crippen MR) is 117 cm³/mol. The van der Waals surface area contributed by atoms with Gasteiger partial charge in [-0.1, -0.05) is 12.1 Å². The first-order valence-corrected chi connectivity index (χ1v) is 10.5. The Bertz CT molecular complexity index is 1210. The largest absolute Gasteiger partial charge is 0.495 e. The number of amides is 1. The zero-order valence-corrected chi connectivity index (χ0v) is 18.2. The van der Waals surface area contributed by atoms with E-state index in [2.05, 4.69) is 10.1 Å². The Kier molecular flexibility index (Phi) is 6.31. The van der Waals surface area contributed by atoms with Gasteiger partial charge >= 0.3 is 5.97 Å². The molecule has 0 N–H and O–H groups in total. The van der Waals surface area contributed by atoms with Gasteiger partial charge in [0.25, 0.3) is 0 Å². The Balaban J connectivity index is 1.42. The minimum absolute atomic E-state index is 0.0534. The van der Waals surface area contributed by atoms with Crippen LogP contribution in [0.1, 0.15) is 28.9 Å². The summed E-state index contributed by atoms with van der Waals surface area (Å²) >= 11 is 1.27. The molecule has 10 heteroatoms. The Morgan fingerprint density at radius 3 is 2.78 bits per heavy atom. The standard InChI is InChI=1S/C22H20N4O5S/c1-15(27)26(18-6-3-4-7-19(18)29-2)22-24-16(14-32-22)13-30-21(28)20-9-8-17(31-20)12-25-11-5-10-23-25/h3-11,14H,12-13H2,1-2H3. The number of rotatable bonds is 8. The number of benzene rings is 1. The Morgan fingerprint density at radius 1 is 1.19 bits per heavy atom. The molecule has 1 aromatic carbocycles. The second-order valence-corrected chi connectivity index (χ2v) is 7.53. The van der Waals surface area contributed by atoms with Crippen molar-refractivity contribution in [3.05, 3.63) is 77.5 Å². The summed E-state index contributed by atoms with van der Waals surface area (Å²) in [5.74, 6) is 0.425. The maximum atomic E-state index is 12.3. The number of carbonyl (C=O) groups is 2. The number of esters is 1. The van der Waals surface area contributed by atoms with Gasteiger partial charge in [0, 0.05) is 24.7 Å². The molecule has 0 saturated carbocycles. The van der Waals surface area contributed by atoms with E-state index in [4.69, 9.17) is 13.9 Å². The first kappa shape index (κ1) is 21.3. The van der Waals surface area contributed by atoms with Crippen LogP contribution in [0.5, 0.6) is 5.75 Å². The van der Waals surface area contributed by atoms with E-state index in [1.807, 2.05) is 12.1 Å². The third-order valence-electron chi connectivity index (χ3n) is 4.46. The number of methoxy groups -OCH3 is 1. The lowest BCUT2D eigenvalue weighted by atomic mass is 10.2. The van der Waals surface area contributed by atoms with Gasteiger partial charge in [0.1, 0.15) is 18.1 Å². The van der Waals surface area contributed by atoms with Crippen molar-refractivity contribution in [2.75, 3.05) is 12.0 Å². The van der Waals surface area contributed by atoms with E-state index < -0.39 is 5.97 Å². The van der Waals surface area contributed by atoms with Crippen molar-refractivity contribution in [2.45, 2.75) is 20.1 Å². The van der Waals surface area contributed by atoms with Gasteiger partial charge in [0.2, 0.25) is 11.7 Å². The summed E-state index contributed by atoms with van der Waals surface area (Å²) in [5, 5.41) is 6.29. The minimum Gasteiger partial charge on any atom is -0.495 e. The number of carbonyl (C=O) groups excluding carboxylic acids is 2. The van der Waals surface area contributed by atoms with Crippen LogP contribution < -0.4 is 9.64 Å². The first-order valence-electron chi connectivity index (χ1n) is 9.66. The number of aromatic nitrogens is 3. The number of hydrogen-bond acceptors (Lipinski definition) is 8. The van der Waals surface area contributed by atoms with Crippen LogP contribution in [0.3, 0.4) is 0 Å². The molecule has 0 unspecified atom stereocenters. The van der Waals surface area contributed by atoms with E-state index in [1.54, 1.807) is 59.9 Å². The Morgan fingerprint density at radius 2 is 2.03 bits per heavy atom. The molecule has 3 heterocycles. The summed E-state index contributed by atoms with van der Waals surface area (Å²) in [6.07, 6.45) is 3.47. The normalized spacial score (nSPS) is 10.7. The lowest BCUT2D eigenvalue weighted by Gasteiger charge is -2.20. The number of ether oxygens (including phenoxy) is 2. The monoisotopic (exact) mass is 452 g/mol. The van der Waals surface area contributed by atoms with E-state index in [0.717, 1.165) is 0 Å². The maximum absolute atomic E-state index is 12.3. The first-order chi connectivity index (χ1) is 15.5. The number of anilines is 2. The third-order valence-corrected chi connectivity index (χ3v) is 5.34. The van der Waals surface area contributed by atoms with Gasteiger partial charge in [-0.15, -0.1) is 11.3 Å². The van der Waals surface area contributed by atoms with Gasteiger partial charge in [0.15, 0.2) is 5.13 Å². The number of thiazole rings is 1. The van der Waals surface area contributed by atoms with E-state index in [0.29, 0.717) is 34.6 Å². The molecule has 164 valence electrons. The van der Waals surface area contributed by atoms with Crippen molar-refractivity contribution >= 4 is 34.0 Å². The lowest BCUT2D eigenvalue weighted by Crippen LogP contribution is -2.23. The highest BCUT2D eigenvalue weighted by molar-refractivity contribution is 7.14. The average Bonchev–Trinajstić information content (AvgIpc) is 3.55. The molecule has 0 saturated heterocycles. The fraction of sp³-hybridized carbons (Fsp3) is 0.182. The molecule has 0 atom stereocenters. The third kappa shape index (κ3) is 4.70. The van der Waals surface area contributed by atoms with Crippen molar-refractivity contribution in [3.63, 3.8) is 0 Å². The summed E-state index contributed by atoms with van der Waals surface area (Å²) in [6.45, 7) is 1.81. The molecule has 0 fully saturated rings. The molecular weight excluding hydrogens is 432 g/mol. The van der Waals surface area contributed by atoms with Crippen LogP contribution in [0.15, 0.2) is 64.7 Å². The fourth-order valence-corrected chi connectivity index (χ4v) is 3.89. The lowest BCUT2D eigenvalue weighted by molar-refractivity contribution is -0.115. The summed E-state index contributed by atoms with van der Waals surface area (Å²) in [6, 6.07) is 12.3. The average molecular weight is 452 g/mol. The zero-order valence-electron chi connectivity index (χ0n) is 17.4. The molecule has 32 heavy (non-hydrogen) atoms. The number of furan rings is 1. The van der Waals surface area contributed by atoms with Crippen molar-refractivity contribution in [2.24, 2.45) is 0 Å². The highest BCUT2D eigenvalue weighted by Gasteiger charge is 2.22. The Labute approximate surface area is 187 Å². The molecule has 0 spiro atoms. The van der Waals surface area contributed by atoms with Crippen LogP contribution in [0.25, 0.3) is 0 Å². The van der Waals surface area contributed by atoms with Crippen molar-refractivity contribution < 1.29 is 23.5 Å².